The van der Waals surface area contributed by atoms with Gasteiger partial charge in [-0.15, -0.1) is 0 Å². The molecule has 0 aliphatic rings. The fraction of sp³-hybridized carbons (Fsp3) is 0.143. The first-order valence-electron chi connectivity index (χ1n) is 5.51. The van der Waals surface area contributed by atoms with E-state index in [1.165, 1.54) is 12.1 Å². The minimum absolute atomic E-state index is 0.316. The van der Waals surface area contributed by atoms with Gasteiger partial charge in [-0.2, -0.15) is 0 Å². The largest absolute Gasteiger partial charge is 0.490 e. The summed E-state index contributed by atoms with van der Waals surface area (Å²) in [6.07, 6.45) is 0. The van der Waals surface area contributed by atoms with Gasteiger partial charge in [-0.05, 0) is 30.3 Å². The van der Waals surface area contributed by atoms with Gasteiger partial charge in [0, 0.05) is 11.1 Å². The molecule has 0 aliphatic heterocycles. The molecule has 94 valence electrons. The van der Waals surface area contributed by atoms with E-state index in [0.29, 0.717) is 29.7 Å². The van der Waals surface area contributed by atoms with E-state index in [2.05, 4.69) is 0 Å². The molecule has 0 amide bonds. The molecule has 2 aromatic rings. The SMILES string of the molecule is Fc1cccc(OCCOc2cccc(Cl)c2)c1. The van der Waals surface area contributed by atoms with Crippen LogP contribution in [0.1, 0.15) is 0 Å². The van der Waals surface area contributed by atoms with Gasteiger partial charge in [0.1, 0.15) is 30.5 Å². The highest BCUT2D eigenvalue weighted by Gasteiger charge is 1.97. The molecular weight excluding hydrogens is 255 g/mol. The molecule has 0 N–H and O–H groups in total. The van der Waals surface area contributed by atoms with Gasteiger partial charge in [-0.25, -0.2) is 4.39 Å². The summed E-state index contributed by atoms with van der Waals surface area (Å²) in [5.74, 6) is 0.860. The molecule has 0 atom stereocenters. The van der Waals surface area contributed by atoms with Gasteiger partial charge in [0.25, 0.3) is 0 Å². The highest BCUT2D eigenvalue weighted by molar-refractivity contribution is 6.30. The van der Waals surface area contributed by atoms with Gasteiger partial charge in [0.15, 0.2) is 0 Å². The first-order valence-corrected chi connectivity index (χ1v) is 5.88. The van der Waals surface area contributed by atoms with Crippen LogP contribution in [0.15, 0.2) is 48.5 Å². The zero-order valence-corrected chi connectivity index (χ0v) is 10.4. The fourth-order valence-electron chi connectivity index (χ4n) is 1.43. The Morgan fingerprint density at radius 2 is 1.50 bits per heavy atom. The van der Waals surface area contributed by atoms with Crippen molar-refractivity contribution in [2.24, 2.45) is 0 Å². The molecule has 0 aliphatic carbocycles. The molecule has 2 rings (SSSR count). The third-order valence-corrected chi connectivity index (χ3v) is 2.45. The van der Waals surface area contributed by atoms with Crippen molar-refractivity contribution in [3.63, 3.8) is 0 Å². The molecule has 2 nitrogen and oxygen atoms in total. The normalized spacial score (nSPS) is 10.1. The van der Waals surface area contributed by atoms with Gasteiger partial charge >= 0.3 is 0 Å². The van der Waals surface area contributed by atoms with Crippen LogP contribution in [0.5, 0.6) is 11.5 Å². The number of hydrogen-bond donors (Lipinski definition) is 0. The summed E-state index contributed by atoms with van der Waals surface area (Å²) < 4.78 is 23.6. The average molecular weight is 267 g/mol. The first-order chi connectivity index (χ1) is 8.74. The number of benzene rings is 2. The Bertz CT molecular complexity index is 469. The van der Waals surface area contributed by atoms with Gasteiger partial charge in [-0.3, -0.25) is 0 Å². The molecule has 0 spiro atoms. The van der Waals surface area contributed by atoms with E-state index < -0.39 is 0 Å². The Labute approximate surface area is 110 Å². The lowest BCUT2D eigenvalue weighted by molar-refractivity contribution is 0.216. The van der Waals surface area contributed by atoms with Gasteiger partial charge in [0.05, 0.1) is 0 Å². The lowest BCUT2D eigenvalue weighted by Crippen LogP contribution is -2.08. The predicted molar refractivity (Wildman–Crippen MR) is 68.8 cm³/mol. The standard InChI is InChI=1S/C14H12ClFO2/c15-11-3-1-5-13(9-11)17-7-8-18-14-6-2-4-12(16)10-14/h1-6,9-10H,7-8H2. The fourth-order valence-corrected chi connectivity index (χ4v) is 1.61. The van der Waals surface area contributed by atoms with Crippen LogP contribution >= 0.6 is 11.6 Å². The molecule has 4 heteroatoms. The van der Waals surface area contributed by atoms with Crippen molar-refractivity contribution in [3.05, 3.63) is 59.4 Å². The zero-order valence-electron chi connectivity index (χ0n) is 9.61. The van der Waals surface area contributed by atoms with Crippen molar-refractivity contribution in [2.75, 3.05) is 13.2 Å². The highest BCUT2D eigenvalue weighted by atomic mass is 35.5. The van der Waals surface area contributed by atoms with Crippen LogP contribution in [0.3, 0.4) is 0 Å². The molecule has 0 radical (unpaired) electrons. The first kappa shape index (κ1) is 12.7. The van der Waals surface area contributed by atoms with Crippen molar-refractivity contribution >= 4 is 11.6 Å². The minimum Gasteiger partial charge on any atom is -0.490 e. The van der Waals surface area contributed by atoms with E-state index in [-0.39, 0.29) is 5.82 Å². The van der Waals surface area contributed by atoms with Gasteiger partial charge < -0.3 is 9.47 Å². The predicted octanol–water partition coefficient (Wildman–Crippen LogP) is 3.94. The van der Waals surface area contributed by atoms with E-state index in [4.69, 9.17) is 21.1 Å². The van der Waals surface area contributed by atoms with Crippen molar-refractivity contribution in [2.45, 2.75) is 0 Å². The third kappa shape index (κ3) is 3.93. The smallest absolute Gasteiger partial charge is 0.126 e. The third-order valence-electron chi connectivity index (χ3n) is 2.21. The summed E-state index contributed by atoms with van der Waals surface area (Å²) in [5, 5.41) is 0.624. The van der Waals surface area contributed by atoms with E-state index in [1.807, 2.05) is 12.1 Å². The summed E-state index contributed by atoms with van der Waals surface area (Å²) in [6.45, 7) is 0.715. The van der Waals surface area contributed by atoms with Gasteiger partial charge in [0.2, 0.25) is 0 Å². The molecule has 0 saturated carbocycles. The monoisotopic (exact) mass is 266 g/mol. The Kier molecular flexibility index (Phi) is 4.42. The van der Waals surface area contributed by atoms with Crippen molar-refractivity contribution < 1.29 is 13.9 Å². The Balaban J connectivity index is 1.76. The van der Waals surface area contributed by atoms with Crippen LogP contribution in [0, 0.1) is 5.82 Å². The van der Waals surface area contributed by atoms with Crippen LogP contribution in [-0.4, -0.2) is 13.2 Å². The summed E-state index contributed by atoms with van der Waals surface area (Å²) in [6, 6.07) is 13.1. The van der Waals surface area contributed by atoms with Crippen LogP contribution in [0.25, 0.3) is 0 Å². The van der Waals surface area contributed by atoms with E-state index in [0.717, 1.165) is 0 Å². The zero-order chi connectivity index (χ0) is 12.8. The molecule has 0 unspecified atom stereocenters. The second-order valence-corrected chi connectivity index (χ2v) is 4.05. The van der Waals surface area contributed by atoms with Crippen LogP contribution in [-0.2, 0) is 0 Å². The summed E-state index contributed by atoms with van der Waals surface area (Å²) in [7, 11) is 0. The molecular formula is C14H12ClFO2. The Morgan fingerprint density at radius 3 is 2.11 bits per heavy atom. The van der Waals surface area contributed by atoms with Crippen molar-refractivity contribution in [1.29, 1.82) is 0 Å². The number of ether oxygens (including phenoxy) is 2. The maximum Gasteiger partial charge on any atom is 0.126 e. The molecule has 0 saturated heterocycles. The lowest BCUT2D eigenvalue weighted by atomic mass is 10.3. The number of rotatable bonds is 5. The molecule has 0 bridgehead atoms. The maximum atomic E-state index is 12.9. The molecule has 2 aromatic carbocycles. The van der Waals surface area contributed by atoms with Gasteiger partial charge in [-0.1, -0.05) is 23.7 Å². The Hall–Kier alpha value is -1.74. The van der Waals surface area contributed by atoms with E-state index >= 15 is 0 Å². The number of hydrogen-bond acceptors (Lipinski definition) is 2. The van der Waals surface area contributed by atoms with Crippen molar-refractivity contribution in [1.82, 2.24) is 0 Å². The summed E-state index contributed by atoms with van der Waals surface area (Å²) in [4.78, 5) is 0. The second kappa shape index (κ2) is 6.26. The summed E-state index contributed by atoms with van der Waals surface area (Å²) >= 11 is 5.82. The molecule has 0 heterocycles. The average Bonchev–Trinajstić information content (AvgIpc) is 2.35. The van der Waals surface area contributed by atoms with Crippen LogP contribution in [0.2, 0.25) is 5.02 Å². The summed E-state index contributed by atoms with van der Waals surface area (Å²) in [5.41, 5.74) is 0. The molecule has 18 heavy (non-hydrogen) atoms. The number of halogens is 2. The topological polar surface area (TPSA) is 18.5 Å². The Morgan fingerprint density at radius 1 is 0.889 bits per heavy atom. The van der Waals surface area contributed by atoms with Crippen LogP contribution < -0.4 is 9.47 Å². The van der Waals surface area contributed by atoms with E-state index in [9.17, 15) is 4.39 Å². The molecule has 0 fully saturated rings. The lowest BCUT2D eigenvalue weighted by Gasteiger charge is -2.08. The minimum atomic E-state index is -0.316. The quantitative estimate of drug-likeness (QED) is 0.763. The highest BCUT2D eigenvalue weighted by Crippen LogP contribution is 2.17. The van der Waals surface area contributed by atoms with Crippen molar-refractivity contribution in [3.8, 4) is 11.5 Å². The maximum absolute atomic E-state index is 12.9. The van der Waals surface area contributed by atoms with E-state index in [1.54, 1.807) is 24.3 Å². The van der Waals surface area contributed by atoms with Crippen LogP contribution in [0.4, 0.5) is 4.39 Å². The second-order valence-electron chi connectivity index (χ2n) is 3.61. The molecule has 0 aromatic heterocycles.